The van der Waals surface area contributed by atoms with Crippen LogP contribution in [-0.2, 0) is 0 Å². The molecule has 2 N–H and O–H groups in total. The second kappa shape index (κ2) is 11.0. The topological polar surface area (TPSA) is 84.0 Å². The zero-order valence-electron chi connectivity index (χ0n) is 22.1. The van der Waals surface area contributed by atoms with E-state index in [1.54, 1.807) is 36.7 Å². The summed E-state index contributed by atoms with van der Waals surface area (Å²) < 4.78 is 0. The van der Waals surface area contributed by atoms with Crippen molar-refractivity contribution < 1.29 is 9.59 Å². The molecular weight excluding hydrogens is 472 g/mol. The molecule has 0 aliphatic heterocycles. The highest BCUT2D eigenvalue weighted by molar-refractivity contribution is 6.05. The highest BCUT2D eigenvalue weighted by Crippen LogP contribution is 2.34. The number of hydrogen-bond donors (Lipinski definition) is 2. The number of aryl methyl sites for hydroxylation is 2. The number of anilines is 2. The summed E-state index contributed by atoms with van der Waals surface area (Å²) in [6.45, 7) is 15.3. The molecule has 190 valence electrons. The third kappa shape index (κ3) is 5.30. The van der Waals surface area contributed by atoms with Gasteiger partial charge in [0.25, 0.3) is 11.8 Å². The fraction of sp³-hybridized carbons (Fsp3) is 0.125. The lowest BCUT2D eigenvalue weighted by Gasteiger charge is -2.17. The molecule has 0 aliphatic rings. The Morgan fingerprint density at radius 1 is 0.684 bits per heavy atom. The minimum absolute atomic E-state index is 0.285. The molecule has 0 fully saturated rings. The van der Waals surface area contributed by atoms with Gasteiger partial charge in [0, 0.05) is 23.8 Å². The van der Waals surface area contributed by atoms with Crippen molar-refractivity contribution in [3.8, 4) is 11.1 Å². The van der Waals surface area contributed by atoms with Crippen molar-refractivity contribution >= 4 is 35.3 Å². The molecule has 0 unspecified atom stereocenters. The van der Waals surface area contributed by atoms with Gasteiger partial charge in [-0.1, -0.05) is 49.6 Å². The molecule has 4 aromatic rings. The molecular formula is C32H30N4O2. The van der Waals surface area contributed by atoms with Gasteiger partial charge >= 0.3 is 0 Å². The van der Waals surface area contributed by atoms with Gasteiger partial charge in [0.2, 0.25) is 0 Å². The first-order chi connectivity index (χ1) is 18.2. The Morgan fingerprint density at radius 3 is 1.42 bits per heavy atom. The number of carbonyl (C=O) groups is 2. The molecule has 0 saturated carbocycles. The van der Waals surface area contributed by atoms with Crippen molar-refractivity contribution in [1.82, 2.24) is 9.97 Å². The van der Waals surface area contributed by atoms with Crippen LogP contribution in [0.4, 0.5) is 11.4 Å². The van der Waals surface area contributed by atoms with Crippen LogP contribution in [0.2, 0.25) is 0 Å². The molecule has 0 spiro atoms. The number of nitrogens with zero attached hydrogens (tertiary/aromatic N) is 2. The van der Waals surface area contributed by atoms with Crippen molar-refractivity contribution in [1.29, 1.82) is 0 Å². The number of pyridine rings is 2. The van der Waals surface area contributed by atoms with Crippen LogP contribution in [0.1, 0.15) is 54.4 Å². The van der Waals surface area contributed by atoms with Crippen molar-refractivity contribution in [2.45, 2.75) is 27.7 Å². The molecule has 2 amide bonds. The number of hydrogen-bond acceptors (Lipinski definition) is 4. The summed E-state index contributed by atoms with van der Waals surface area (Å²) in [5.74, 6) is -0.570. The monoisotopic (exact) mass is 502 g/mol. The van der Waals surface area contributed by atoms with E-state index in [1.807, 2.05) is 64.1 Å². The van der Waals surface area contributed by atoms with Crippen molar-refractivity contribution in [3.63, 3.8) is 0 Å². The average molecular weight is 503 g/mol. The second-order valence-electron chi connectivity index (χ2n) is 9.13. The maximum absolute atomic E-state index is 12.9. The third-order valence-corrected chi connectivity index (χ3v) is 6.66. The first-order valence-corrected chi connectivity index (χ1v) is 12.2. The van der Waals surface area contributed by atoms with Gasteiger partial charge in [0.05, 0.1) is 0 Å². The predicted molar refractivity (Wildman–Crippen MR) is 155 cm³/mol. The number of amides is 2. The van der Waals surface area contributed by atoms with Gasteiger partial charge in [-0.15, -0.1) is 0 Å². The van der Waals surface area contributed by atoms with Gasteiger partial charge in [-0.25, -0.2) is 0 Å². The molecule has 4 rings (SSSR count). The standard InChI is InChI=1S/C32H30N4O2/c1-7-23-17-33-29(15-19(23)3)31(37)35-27-13-9-11-25(21(27)5)26-12-10-14-28(22(26)6)36-32(38)30-16-20(4)24(8-2)18-34-30/h7-18H,1-2H2,3-6H3,(H,35,37)(H,36,38). The van der Waals surface area contributed by atoms with Gasteiger partial charge in [-0.3, -0.25) is 19.6 Å². The summed E-state index contributed by atoms with van der Waals surface area (Å²) in [7, 11) is 0. The van der Waals surface area contributed by atoms with Gasteiger partial charge in [0.1, 0.15) is 11.4 Å². The number of nitrogens with one attached hydrogen (secondary N) is 2. The van der Waals surface area contributed by atoms with E-state index in [4.69, 9.17) is 0 Å². The number of benzene rings is 2. The van der Waals surface area contributed by atoms with E-state index in [0.29, 0.717) is 22.8 Å². The molecule has 0 atom stereocenters. The largest absolute Gasteiger partial charge is 0.320 e. The SMILES string of the molecule is C=Cc1cnc(C(=O)Nc2cccc(-c3cccc(NC(=O)c4cc(C)c(C=C)cn4)c3C)c2C)cc1C. The molecule has 0 radical (unpaired) electrons. The van der Waals surface area contributed by atoms with E-state index >= 15 is 0 Å². The zero-order valence-corrected chi connectivity index (χ0v) is 22.1. The highest BCUT2D eigenvalue weighted by Gasteiger charge is 2.16. The van der Waals surface area contributed by atoms with Crippen LogP contribution in [0.3, 0.4) is 0 Å². The van der Waals surface area contributed by atoms with E-state index in [0.717, 1.165) is 44.5 Å². The lowest BCUT2D eigenvalue weighted by molar-refractivity contribution is 0.101. The summed E-state index contributed by atoms with van der Waals surface area (Å²) >= 11 is 0. The van der Waals surface area contributed by atoms with E-state index < -0.39 is 0 Å². The van der Waals surface area contributed by atoms with Crippen LogP contribution < -0.4 is 10.6 Å². The van der Waals surface area contributed by atoms with Crippen LogP contribution in [0.25, 0.3) is 23.3 Å². The smallest absolute Gasteiger partial charge is 0.274 e. The minimum atomic E-state index is -0.285. The Labute approximate surface area is 223 Å². The van der Waals surface area contributed by atoms with E-state index in [9.17, 15) is 9.59 Å². The summed E-state index contributed by atoms with van der Waals surface area (Å²) in [6, 6.07) is 15.0. The lowest BCUT2D eigenvalue weighted by Crippen LogP contribution is -2.15. The molecule has 2 heterocycles. The quantitative estimate of drug-likeness (QED) is 0.281. The molecule has 0 bridgehead atoms. The molecule has 0 aliphatic carbocycles. The lowest BCUT2D eigenvalue weighted by atomic mass is 9.94. The van der Waals surface area contributed by atoms with Crippen LogP contribution in [-0.4, -0.2) is 21.8 Å². The molecule has 38 heavy (non-hydrogen) atoms. The van der Waals surface area contributed by atoms with E-state index in [-0.39, 0.29) is 11.8 Å². The summed E-state index contributed by atoms with van der Waals surface area (Å²) in [4.78, 5) is 34.5. The Morgan fingerprint density at radius 2 is 1.08 bits per heavy atom. The highest BCUT2D eigenvalue weighted by atomic mass is 16.2. The predicted octanol–water partition coefficient (Wildman–Crippen LogP) is 7.17. The third-order valence-electron chi connectivity index (χ3n) is 6.66. The number of rotatable bonds is 7. The zero-order chi connectivity index (χ0) is 27.4. The van der Waals surface area contributed by atoms with Gasteiger partial charge in [-0.2, -0.15) is 0 Å². The Bertz CT molecular complexity index is 1470. The van der Waals surface area contributed by atoms with Crippen LogP contribution >= 0.6 is 0 Å². The van der Waals surface area contributed by atoms with Crippen LogP contribution in [0, 0.1) is 27.7 Å². The van der Waals surface area contributed by atoms with Gasteiger partial charge < -0.3 is 10.6 Å². The average Bonchev–Trinajstić information content (AvgIpc) is 2.91. The van der Waals surface area contributed by atoms with Crippen LogP contribution in [0.15, 0.2) is 74.1 Å². The molecule has 6 heteroatoms. The van der Waals surface area contributed by atoms with E-state index in [2.05, 4.69) is 33.8 Å². The molecule has 6 nitrogen and oxygen atoms in total. The first-order valence-electron chi connectivity index (χ1n) is 12.2. The normalized spacial score (nSPS) is 10.5. The second-order valence-corrected chi connectivity index (χ2v) is 9.13. The molecule has 0 saturated heterocycles. The minimum Gasteiger partial charge on any atom is -0.320 e. The van der Waals surface area contributed by atoms with Crippen molar-refractivity contribution in [3.05, 3.63) is 119 Å². The maximum atomic E-state index is 12.9. The number of aromatic nitrogens is 2. The fourth-order valence-corrected chi connectivity index (χ4v) is 4.31. The van der Waals surface area contributed by atoms with E-state index in [1.165, 1.54) is 0 Å². The van der Waals surface area contributed by atoms with Gasteiger partial charge in [0.15, 0.2) is 0 Å². The molecule has 2 aromatic heterocycles. The Balaban J connectivity index is 1.60. The first kappa shape index (κ1) is 26.2. The van der Waals surface area contributed by atoms with Crippen LogP contribution in [0.5, 0.6) is 0 Å². The molecule has 2 aromatic carbocycles. The summed E-state index contributed by atoms with van der Waals surface area (Å²) in [5.41, 5.74) is 9.42. The Kier molecular flexibility index (Phi) is 7.63. The number of carbonyl (C=O) groups excluding carboxylic acids is 2. The van der Waals surface area contributed by atoms with Crippen molar-refractivity contribution in [2.24, 2.45) is 0 Å². The maximum Gasteiger partial charge on any atom is 0.274 e. The Hall–Kier alpha value is -4.84. The summed E-state index contributed by atoms with van der Waals surface area (Å²) in [6.07, 6.45) is 6.72. The van der Waals surface area contributed by atoms with Crippen molar-refractivity contribution in [2.75, 3.05) is 10.6 Å². The van der Waals surface area contributed by atoms with Gasteiger partial charge in [-0.05, 0) is 96.5 Å². The summed E-state index contributed by atoms with van der Waals surface area (Å²) in [5, 5.41) is 5.98. The fourth-order valence-electron chi connectivity index (χ4n) is 4.31.